The van der Waals surface area contributed by atoms with Crippen molar-refractivity contribution in [2.75, 3.05) is 0 Å². The van der Waals surface area contributed by atoms with Crippen LogP contribution in [0, 0.1) is 5.41 Å². The molecule has 0 saturated carbocycles. The zero-order valence-corrected chi connectivity index (χ0v) is 7.75. The van der Waals surface area contributed by atoms with Gasteiger partial charge in [0.05, 0.1) is 5.71 Å². The van der Waals surface area contributed by atoms with Crippen molar-refractivity contribution in [2.45, 2.75) is 6.92 Å². The highest BCUT2D eigenvalue weighted by Gasteiger charge is 1.95. The Morgan fingerprint density at radius 3 is 2.46 bits per heavy atom. The maximum Gasteiger partial charge on any atom is 0.0614 e. The van der Waals surface area contributed by atoms with E-state index in [1.165, 1.54) is 0 Å². The van der Waals surface area contributed by atoms with Gasteiger partial charge in [-0.25, -0.2) is 0 Å². The van der Waals surface area contributed by atoms with Crippen LogP contribution in [0.1, 0.15) is 12.5 Å². The van der Waals surface area contributed by atoms with Crippen LogP contribution in [0.4, 0.5) is 0 Å². The highest BCUT2D eigenvalue weighted by Crippen LogP contribution is 2.03. The standard InChI is InChI=1S/C12H13N/c1-3-10(2)9-12(13)11-7-5-4-6-8-11/h3-9,13H,1H2,2H3/b10-9-,13-12?. The van der Waals surface area contributed by atoms with Gasteiger partial charge in [-0.2, -0.15) is 0 Å². The summed E-state index contributed by atoms with van der Waals surface area (Å²) in [6.45, 7) is 5.58. The summed E-state index contributed by atoms with van der Waals surface area (Å²) in [5.74, 6) is 0. The van der Waals surface area contributed by atoms with Gasteiger partial charge < -0.3 is 5.41 Å². The lowest BCUT2D eigenvalue weighted by Crippen LogP contribution is -1.94. The molecule has 0 aliphatic rings. The molecular weight excluding hydrogens is 158 g/mol. The molecule has 13 heavy (non-hydrogen) atoms. The van der Waals surface area contributed by atoms with Crippen LogP contribution in [-0.2, 0) is 0 Å². The summed E-state index contributed by atoms with van der Waals surface area (Å²) < 4.78 is 0. The molecule has 0 atom stereocenters. The predicted molar refractivity (Wildman–Crippen MR) is 57.2 cm³/mol. The Bertz CT molecular complexity index is 333. The average Bonchev–Trinajstić information content (AvgIpc) is 2.19. The summed E-state index contributed by atoms with van der Waals surface area (Å²) in [5, 5.41) is 7.74. The van der Waals surface area contributed by atoms with Crippen LogP contribution < -0.4 is 0 Å². The van der Waals surface area contributed by atoms with Gasteiger partial charge in [0.1, 0.15) is 0 Å². The molecule has 0 radical (unpaired) electrons. The normalized spacial score (nSPS) is 11.0. The Morgan fingerprint density at radius 2 is 1.92 bits per heavy atom. The maximum absolute atomic E-state index is 7.74. The number of allylic oxidation sites excluding steroid dienone is 3. The second kappa shape index (κ2) is 4.41. The quantitative estimate of drug-likeness (QED) is 0.533. The monoisotopic (exact) mass is 171 g/mol. The lowest BCUT2D eigenvalue weighted by Gasteiger charge is -1.98. The van der Waals surface area contributed by atoms with Crippen molar-refractivity contribution >= 4 is 5.71 Å². The van der Waals surface area contributed by atoms with E-state index >= 15 is 0 Å². The summed E-state index contributed by atoms with van der Waals surface area (Å²) in [6.07, 6.45) is 3.56. The van der Waals surface area contributed by atoms with E-state index in [4.69, 9.17) is 5.41 Å². The van der Waals surface area contributed by atoms with Crippen LogP contribution in [0.5, 0.6) is 0 Å². The molecule has 1 heteroatoms. The van der Waals surface area contributed by atoms with Gasteiger partial charge in [0.15, 0.2) is 0 Å². The van der Waals surface area contributed by atoms with E-state index in [1.807, 2.05) is 43.3 Å². The van der Waals surface area contributed by atoms with E-state index in [9.17, 15) is 0 Å². The molecular formula is C12H13N. The smallest absolute Gasteiger partial charge is 0.0614 e. The van der Waals surface area contributed by atoms with Crippen LogP contribution in [0.2, 0.25) is 0 Å². The van der Waals surface area contributed by atoms with E-state index in [1.54, 1.807) is 6.08 Å². The molecule has 0 aliphatic heterocycles. The molecule has 0 spiro atoms. The van der Waals surface area contributed by atoms with Gasteiger partial charge in [-0.15, -0.1) is 0 Å². The molecule has 0 bridgehead atoms. The van der Waals surface area contributed by atoms with E-state index in [0.29, 0.717) is 5.71 Å². The molecule has 0 aliphatic carbocycles. The Balaban J connectivity index is 2.87. The average molecular weight is 171 g/mol. The largest absolute Gasteiger partial charge is 0.300 e. The maximum atomic E-state index is 7.74. The van der Waals surface area contributed by atoms with Crippen molar-refractivity contribution < 1.29 is 0 Å². The molecule has 0 fully saturated rings. The van der Waals surface area contributed by atoms with E-state index < -0.39 is 0 Å². The second-order valence-electron chi connectivity index (χ2n) is 2.87. The molecule has 0 amide bonds. The number of benzene rings is 1. The first kappa shape index (κ1) is 9.46. The van der Waals surface area contributed by atoms with Crippen molar-refractivity contribution in [3.63, 3.8) is 0 Å². The van der Waals surface area contributed by atoms with Crippen LogP contribution in [-0.4, -0.2) is 5.71 Å². The molecule has 0 unspecified atom stereocenters. The molecule has 1 N–H and O–H groups in total. The van der Waals surface area contributed by atoms with Crippen molar-refractivity contribution in [2.24, 2.45) is 0 Å². The summed E-state index contributed by atoms with van der Waals surface area (Å²) in [6, 6.07) is 9.66. The molecule has 1 aromatic carbocycles. The SMILES string of the molecule is C=C/C(C)=C\C(=N)c1ccccc1. The fraction of sp³-hybridized carbons (Fsp3) is 0.0833. The number of rotatable bonds is 3. The van der Waals surface area contributed by atoms with E-state index in [0.717, 1.165) is 11.1 Å². The minimum atomic E-state index is 0.526. The van der Waals surface area contributed by atoms with Crippen LogP contribution in [0.3, 0.4) is 0 Å². The third-order valence-electron chi connectivity index (χ3n) is 1.78. The highest BCUT2D eigenvalue weighted by molar-refractivity contribution is 6.06. The topological polar surface area (TPSA) is 23.9 Å². The van der Waals surface area contributed by atoms with Gasteiger partial charge in [0, 0.05) is 0 Å². The van der Waals surface area contributed by atoms with Gasteiger partial charge in [0.25, 0.3) is 0 Å². The zero-order chi connectivity index (χ0) is 9.68. The third kappa shape index (κ3) is 2.71. The second-order valence-corrected chi connectivity index (χ2v) is 2.87. The van der Waals surface area contributed by atoms with Crippen LogP contribution >= 0.6 is 0 Å². The van der Waals surface area contributed by atoms with Gasteiger partial charge in [-0.1, -0.05) is 43.0 Å². The fourth-order valence-electron chi connectivity index (χ4n) is 0.988. The van der Waals surface area contributed by atoms with Gasteiger partial charge in [-0.3, -0.25) is 0 Å². The Kier molecular flexibility index (Phi) is 3.21. The zero-order valence-electron chi connectivity index (χ0n) is 7.75. The van der Waals surface area contributed by atoms with E-state index in [2.05, 4.69) is 6.58 Å². The van der Waals surface area contributed by atoms with Crippen molar-refractivity contribution in [1.82, 2.24) is 0 Å². The Morgan fingerprint density at radius 1 is 1.31 bits per heavy atom. The first-order valence-corrected chi connectivity index (χ1v) is 4.18. The number of nitrogens with one attached hydrogen (secondary N) is 1. The minimum Gasteiger partial charge on any atom is -0.300 e. The molecule has 1 nitrogen and oxygen atoms in total. The van der Waals surface area contributed by atoms with Gasteiger partial charge in [-0.05, 0) is 24.1 Å². The summed E-state index contributed by atoms with van der Waals surface area (Å²) in [4.78, 5) is 0. The molecule has 1 aromatic rings. The Labute approximate surface area is 78.9 Å². The third-order valence-corrected chi connectivity index (χ3v) is 1.78. The molecule has 66 valence electrons. The molecule has 0 heterocycles. The number of hydrogen-bond donors (Lipinski definition) is 1. The van der Waals surface area contributed by atoms with Crippen molar-refractivity contribution in [3.05, 3.63) is 60.2 Å². The lowest BCUT2D eigenvalue weighted by molar-refractivity contribution is 1.46. The Hall–Kier alpha value is -1.63. The summed E-state index contributed by atoms with van der Waals surface area (Å²) in [5.41, 5.74) is 2.47. The summed E-state index contributed by atoms with van der Waals surface area (Å²) >= 11 is 0. The van der Waals surface area contributed by atoms with Crippen LogP contribution in [0.25, 0.3) is 0 Å². The van der Waals surface area contributed by atoms with Gasteiger partial charge >= 0.3 is 0 Å². The molecule has 0 aromatic heterocycles. The number of hydrogen-bond acceptors (Lipinski definition) is 1. The minimum absolute atomic E-state index is 0.526. The molecule has 1 rings (SSSR count). The van der Waals surface area contributed by atoms with Gasteiger partial charge in [0.2, 0.25) is 0 Å². The molecule has 0 saturated heterocycles. The van der Waals surface area contributed by atoms with E-state index in [-0.39, 0.29) is 0 Å². The van der Waals surface area contributed by atoms with Crippen LogP contribution in [0.15, 0.2) is 54.6 Å². The fourth-order valence-corrected chi connectivity index (χ4v) is 0.988. The lowest BCUT2D eigenvalue weighted by atomic mass is 10.1. The predicted octanol–water partition coefficient (Wildman–Crippen LogP) is 3.19. The first-order chi connectivity index (χ1) is 6.24. The van der Waals surface area contributed by atoms with Crippen molar-refractivity contribution in [1.29, 1.82) is 5.41 Å². The summed E-state index contributed by atoms with van der Waals surface area (Å²) in [7, 11) is 0. The van der Waals surface area contributed by atoms with Crippen molar-refractivity contribution in [3.8, 4) is 0 Å². The first-order valence-electron chi connectivity index (χ1n) is 4.18. The highest BCUT2D eigenvalue weighted by atomic mass is 14.4.